The second-order valence-corrected chi connectivity index (χ2v) is 3.05. The summed E-state index contributed by atoms with van der Waals surface area (Å²) < 4.78 is 38.9. The molecule has 1 heterocycles. The van der Waals surface area contributed by atoms with Gasteiger partial charge in [-0.15, -0.1) is 0 Å². The third-order valence-electron chi connectivity index (χ3n) is 2.13. The van der Waals surface area contributed by atoms with Gasteiger partial charge >= 0.3 is 0 Å². The Morgan fingerprint density at radius 1 is 1.25 bits per heavy atom. The van der Waals surface area contributed by atoms with Crippen molar-refractivity contribution >= 4 is 10.9 Å². The van der Waals surface area contributed by atoms with Crippen LogP contribution in [-0.2, 0) is 0 Å². The van der Waals surface area contributed by atoms with E-state index in [1.54, 1.807) is 6.07 Å². The van der Waals surface area contributed by atoms with Crippen LogP contribution in [0.15, 0.2) is 17.1 Å². The highest BCUT2D eigenvalue weighted by Gasteiger charge is 2.16. The maximum Gasteiger partial charge on any atom is 0.207 e. The van der Waals surface area contributed by atoms with Crippen molar-refractivity contribution in [2.45, 2.75) is 0 Å². The van der Waals surface area contributed by atoms with Crippen molar-refractivity contribution in [3.63, 3.8) is 0 Å². The van der Waals surface area contributed by atoms with E-state index in [0.29, 0.717) is 6.07 Å². The van der Waals surface area contributed by atoms with Gasteiger partial charge in [-0.2, -0.15) is 5.26 Å². The van der Waals surface area contributed by atoms with Crippen LogP contribution in [0, 0.1) is 28.8 Å². The largest absolute Gasteiger partial charge is 0.357 e. The van der Waals surface area contributed by atoms with E-state index in [4.69, 9.17) is 5.26 Å². The fourth-order valence-electron chi connectivity index (χ4n) is 1.35. The molecule has 2 aromatic rings. The first-order valence-corrected chi connectivity index (χ1v) is 4.15. The van der Waals surface area contributed by atoms with E-state index in [1.807, 2.05) is 0 Å². The van der Waals surface area contributed by atoms with Crippen molar-refractivity contribution in [2.75, 3.05) is 0 Å². The molecule has 0 radical (unpaired) electrons. The van der Waals surface area contributed by atoms with Crippen molar-refractivity contribution in [1.82, 2.24) is 4.98 Å². The molecule has 0 bridgehead atoms. The normalized spacial score (nSPS) is 10.4. The summed E-state index contributed by atoms with van der Waals surface area (Å²) in [5, 5.41) is 8.15. The van der Waals surface area contributed by atoms with Crippen molar-refractivity contribution in [3.05, 3.63) is 45.5 Å². The van der Waals surface area contributed by atoms with Crippen LogP contribution < -0.4 is 5.43 Å². The first-order valence-electron chi connectivity index (χ1n) is 4.15. The molecule has 1 aromatic carbocycles. The lowest BCUT2D eigenvalue weighted by atomic mass is 10.1. The van der Waals surface area contributed by atoms with E-state index in [1.165, 1.54) is 0 Å². The Morgan fingerprint density at radius 3 is 2.56 bits per heavy atom. The highest BCUT2D eigenvalue weighted by atomic mass is 19.2. The molecule has 80 valence electrons. The van der Waals surface area contributed by atoms with E-state index >= 15 is 0 Å². The first kappa shape index (κ1) is 10.2. The quantitative estimate of drug-likeness (QED) is 0.694. The van der Waals surface area contributed by atoms with E-state index in [-0.39, 0.29) is 5.56 Å². The zero-order valence-corrected chi connectivity index (χ0v) is 7.64. The number of H-pyrrole nitrogens is 1. The molecule has 0 atom stereocenters. The van der Waals surface area contributed by atoms with Crippen LogP contribution in [0.25, 0.3) is 10.9 Å². The van der Waals surface area contributed by atoms with Crippen molar-refractivity contribution in [3.8, 4) is 6.07 Å². The number of rotatable bonds is 0. The standard InChI is InChI=1S/C10H3F3N2O/c11-6-1-5-9(8(13)7(6)12)15-3-4(2-14)10(5)16/h1,3H,(H,15,16). The number of aromatic amines is 1. The Kier molecular flexibility index (Phi) is 2.16. The van der Waals surface area contributed by atoms with E-state index in [0.717, 1.165) is 6.20 Å². The average Bonchev–Trinajstić information content (AvgIpc) is 2.28. The van der Waals surface area contributed by atoms with Gasteiger partial charge in [0.15, 0.2) is 17.5 Å². The molecule has 0 aliphatic rings. The minimum absolute atomic E-state index is 0.294. The van der Waals surface area contributed by atoms with Crippen LogP contribution in [0.2, 0.25) is 0 Å². The number of aromatic nitrogens is 1. The smallest absolute Gasteiger partial charge is 0.207 e. The monoisotopic (exact) mass is 224 g/mol. The Bertz CT molecular complexity index is 685. The first-order chi connectivity index (χ1) is 7.56. The average molecular weight is 224 g/mol. The predicted molar refractivity (Wildman–Crippen MR) is 49.2 cm³/mol. The summed E-state index contributed by atoms with van der Waals surface area (Å²) in [7, 11) is 0. The van der Waals surface area contributed by atoms with Crippen molar-refractivity contribution in [1.29, 1.82) is 5.26 Å². The van der Waals surface area contributed by atoms with Crippen LogP contribution in [0.4, 0.5) is 13.2 Å². The molecule has 0 aliphatic carbocycles. The number of benzene rings is 1. The van der Waals surface area contributed by atoms with Gasteiger partial charge in [-0.25, -0.2) is 13.2 Å². The second kappa shape index (κ2) is 3.38. The summed E-state index contributed by atoms with van der Waals surface area (Å²) in [6.07, 6.45) is 0.949. The van der Waals surface area contributed by atoms with Gasteiger partial charge in [-0.3, -0.25) is 4.79 Å². The van der Waals surface area contributed by atoms with Gasteiger partial charge < -0.3 is 4.98 Å². The Labute approximate surface area is 86.7 Å². The molecule has 0 saturated heterocycles. The molecule has 0 amide bonds. The minimum Gasteiger partial charge on any atom is -0.357 e. The van der Waals surface area contributed by atoms with Gasteiger partial charge in [-0.1, -0.05) is 0 Å². The third kappa shape index (κ3) is 1.26. The van der Waals surface area contributed by atoms with E-state index in [9.17, 15) is 18.0 Å². The number of pyridine rings is 1. The number of nitrogens with zero attached hydrogens (tertiary/aromatic N) is 1. The van der Waals surface area contributed by atoms with E-state index < -0.39 is 33.8 Å². The van der Waals surface area contributed by atoms with Crippen LogP contribution in [0.5, 0.6) is 0 Å². The Balaban J connectivity index is 3.04. The number of fused-ring (bicyclic) bond motifs is 1. The molecule has 2 rings (SSSR count). The van der Waals surface area contributed by atoms with Gasteiger partial charge in [0.2, 0.25) is 5.43 Å². The molecule has 0 saturated carbocycles. The molecule has 0 aliphatic heterocycles. The molecule has 1 aromatic heterocycles. The topological polar surface area (TPSA) is 56.6 Å². The van der Waals surface area contributed by atoms with Gasteiger partial charge in [0.1, 0.15) is 11.6 Å². The highest BCUT2D eigenvalue weighted by molar-refractivity contribution is 5.80. The number of hydrogen-bond acceptors (Lipinski definition) is 2. The number of halogens is 3. The van der Waals surface area contributed by atoms with Gasteiger partial charge in [0, 0.05) is 6.20 Å². The van der Waals surface area contributed by atoms with Crippen LogP contribution in [-0.4, -0.2) is 4.98 Å². The van der Waals surface area contributed by atoms with Crippen molar-refractivity contribution < 1.29 is 13.2 Å². The van der Waals surface area contributed by atoms with Crippen LogP contribution >= 0.6 is 0 Å². The molecule has 6 heteroatoms. The van der Waals surface area contributed by atoms with Gasteiger partial charge in [0.05, 0.1) is 10.9 Å². The van der Waals surface area contributed by atoms with Crippen LogP contribution in [0.1, 0.15) is 5.56 Å². The van der Waals surface area contributed by atoms with Crippen molar-refractivity contribution in [2.24, 2.45) is 0 Å². The number of hydrogen-bond donors (Lipinski definition) is 1. The Hall–Kier alpha value is -2.29. The molecular weight excluding hydrogens is 221 g/mol. The molecule has 0 spiro atoms. The summed E-state index contributed by atoms with van der Waals surface area (Å²) in [6.45, 7) is 0. The molecular formula is C10H3F3N2O. The zero-order chi connectivity index (χ0) is 11.9. The van der Waals surface area contributed by atoms with Gasteiger partial charge in [-0.05, 0) is 6.07 Å². The summed E-state index contributed by atoms with van der Waals surface area (Å²) in [6, 6.07) is 2.12. The summed E-state index contributed by atoms with van der Waals surface area (Å²) in [4.78, 5) is 13.7. The summed E-state index contributed by atoms with van der Waals surface area (Å²) in [5.74, 6) is -4.60. The Morgan fingerprint density at radius 2 is 1.94 bits per heavy atom. The molecule has 3 nitrogen and oxygen atoms in total. The second-order valence-electron chi connectivity index (χ2n) is 3.05. The maximum atomic E-state index is 13.2. The third-order valence-corrected chi connectivity index (χ3v) is 2.13. The molecule has 1 N–H and O–H groups in total. The SMILES string of the molecule is N#Cc1c[nH]c2c(F)c(F)c(F)cc2c1=O. The predicted octanol–water partition coefficient (Wildman–Crippen LogP) is 1.82. The lowest BCUT2D eigenvalue weighted by Crippen LogP contribution is -2.09. The summed E-state index contributed by atoms with van der Waals surface area (Å²) >= 11 is 0. The summed E-state index contributed by atoms with van der Waals surface area (Å²) in [5.41, 5.74) is -1.59. The molecule has 0 unspecified atom stereocenters. The number of nitriles is 1. The lowest BCUT2D eigenvalue weighted by Gasteiger charge is -2.01. The fraction of sp³-hybridized carbons (Fsp3) is 0. The highest BCUT2D eigenvalue weighted by Crippen LogP contribution is 2.18. The van der Waals surface area contributed by atoms with Gasteiger partial charge in [0.25, 0.3) is 0 Å². The zero-order valence-electron chi connectivity index (χ0n) is 7.64. The maximum absolute atomic E-state index is 13.2. The molecule has 16 heavy (non-hydrogen) atoms. The van der Waals surface area contributed by atoms with Crippen LogP contribution in [0.3, 0.4) is 0 Å². The number of nitrogens with one attached hydrogen (secondary N) is 1. The minimum atomic E-state index is -1.66. The van der Waals surface area contributed by atoms with E-state index in [2.05, 4.69) is 4.98 Å². The lowest BCUT2D eigenvalue weighted by molar-refractivity contribution is 0.452. The molecule has 0 fully saturated rings. The fourth-order valence-corrected chi connectivity index (χ4v) is 1.35.